The molecule has 106 valence electrons. The molecule has 0 aliphatic rings. The first-order valence-corrected chi connectivity index (χ1v) is 7.89. The van der Waals surface area contributed by atoms with Gasteiger partial charge in [-0.25, -0.2) is 4.57 Å². The van der Waals surface area contributed by atoms with Gasteiger partial charge in [0.25, 0.3) is 0 Å². The zero-order valence-electron chi connectivity index (χ0n) is 11.0. The van der Waals surface area contributed by atoms with Crippen LogP contribution in [-0.4, -0.2) is 19.8 Å². The summed E-state index contributed by atoms with van der Waals surface area (Å²) in [6, 6.07) is 7.39. The van der Waals surface area contributed by atoms with Crippen molar-refractivity contribution in [2.24, 2.45) is 0 Å². The van der Waals surface area contributed by atoms with E-state index in [2.05, 4.69) is 0 Å². The standard InChI is InChI=1S/C13H18ClO4P/c1-3-16-19(15,17-4-2)18-10-6-8-12-7-5-9-13(14)11-12/h5-9,11H,3-4,10H2,1-2H3. The van der Waals surface area contributed by atoms with Crippen molar-refractivity contribution in [2.75, 3.05) is 19.8 Å². The molecule has 6 heteroatoms. The summed E-state index contributed by atoms with van der Waals surface area (Å²) in [6.07, 6.45) is 3.56. The number of hydrogen-bond acceptors (Lipinski definition) is 4. The minimum absolute atomic E-state index is 0.143. The first kappa shape index (κ1) is 16.4. The van der Waals surface area contributed by atoms with Gasteiger partial charge in [0.15, 0.2) is 0 Å². The van der Waals surface area contributed by atoms with E-state index in [4.69, 9.17) is 25.2 Å². The lowest BCUT2D eigenvalue weighted by molar-refractivity contribution is 0.131. The van der Waals surface area contributed by atoms with Gasteiger partial charge >= 0.3 is 7.82 Å². The zero-order valence-corrected chi connectivity index (χ0v) is 12.7. The van der Waals surface area contributed by atoms with Gasteiger partial charge in [-0.3, -0.25) is 13.6 Å². The van der Waals surface area contributed by atoms with Gasteiger partial charge in [-0.1, -0.05) is 35.9 Å². The molecule has 0 aliphatic carbocycles. The minimum Gasteiger partial charge on any atom is -0.287 e. The summed E-state index contributed by atoms with van der Waals surface area (Å²) in [5.41, 5.74) is 0.943. The molecule has 0 N–H and O–H groups in total. The second-order valence-corrected chi connectivity index (χ2v) is 5.64. The first-order chi connectivity index (χ1) is 9.09. The Balaban J connectivity index is 2.50. The van der Waals surface area contributed by atoms with Crippen LogP contribution in [-0.2, 0) is 18.1 Å². The van der Waals surface area contributed by atoms with E-state index >= 15 is 0 Å². The number of benzene rings is 1. The second kappa shape index (κ2) is 8.51. The third-order valence-electron chi connectivity index (χ3n) is 2.06. The fourth-order valence-electron chi connectivity index (χ4n) is 1.36. The van der Waals surface area contributed by atoms with Crippen molar-refractivity contribution in [3.05, 3.63) is 40.9 Å². The fraction of sp³-hybridized carbons (Fsp3) is 0.385. The summed E-state index contributed by atoms with van der Waals surface area (Å²) in [5.74, 6) is 0. The van der Waals surface area contributed by atoms with Crippen LogP contribution in [0.15, 0.2) is 30.3 Å². The highest BCUT2D eigenvalue weighted by Crippen LogP contribution is 2.49. The molecule has 1 aromatic rings. The van der Waals surface area contributed by atoms with E-state index in [1.165, 1.54) is 0 Å². The normalized spacial score (nSPS) is 12.2. The lowest BCUT2D eigenvalue weighted by Gasteiger charge is -2.15. The molecule has 0 aliphatic heterocycles. The molecule has 4 nitrogen and oxygen atoms in total. The van der Waals surface area contributed by atoms with E-state index in [0.29, 0.717) is 5.02 Å². The van der Waals surface area contributed by atoms with Crippen molar-refractivity contribution in [2.45, 2.75) is 13.8 Å². The van der Waals surface area contributed by atoms with E-state index in [-0.39, 0.29) is 19.8 Å². The Labute approximate surface area is 118 Å². The summed E-state index contributed by atoms with van der Waals surface area (Å²) < 4.78 is 27.1. The molecule has 0 saturated heterocycles. The minimum atomic E-state index is -3.43. The number of phosphoric ester groups is 1. The Morgan fingerprint density at radius 3 is 2.47 bits per heavy atom. The van der Waals surface area contributed by atoms with Crippen molar-refractivity contribution in [1.82, 2.24) is 0 Å². The Morgan fingerprint density at radius 1 is 1.21 bits per heavy atom. The molecule has 19 heavy (non-hydrogen) atoms. The highest BCUT2D eigenvalue weighted by Gasteiger charge is 2.24. The van der Waals surface area contributed by atoms with Crippen molar-refractivity contribution in [3.8, 4) is 0 Å². The predicted molar refractivity (Wildman–Crippen MR) is 77.3 cm³/mol. The molecular formula is C13H18ClO4P. The molecule has 0 bridgehead atoms. The van der Waals surface area contributed by atoms with Crippen LogP contribution in [0, 0.1) is 0 Å². The molecule has 0 atom stereocenters. The largest absolute Gasteiger partial charge is 0.475 e. The highest BCUT2D eigenvalue weighted by molar-refractivity contribution is 7.48. The summed E-state index contributed by atoms with van der Waals surface area (Å²) >= 11 is 5.86. The Bertz CT molecular complexity index is 452. The Kier molecular flexibility index (Phi) is 7.36. The predicted octanol–water partition coefficient (Wildman–Crippen LogP) is 4.55. The van der Waals surface area contributed by atoms with Crippen LogP contribution in [0.1, 0.15) is 19.4 Å². The number of hydrogen-bond donors (Lipinski definition) is 0. The topological polar surface area (TPSA) is 44.8 Å². The number of phosphoric acid groups is 1. The molecule has 0 aromatic heterocycles. The Hall–Kier alpha value is -0.640. The smallest absolute Gasteiger partial charge is 0.287 e. The molecule has 0 spiro atoms. The lowest BCUT2D eigenvalue weighted by Crippen LogP contribution is -2.00. The SMILES string of the molecule is CCOP(=O)(OCC)OCC=Cc1cccc(Cl)c1. The zero-order chi connectivity index (χ0) is 14.1. The van der Waals surface area contributed by atoms with Gasteiger partial charge in [-0.15, -0.1) is 0 Å². The van der Waals surface area contributed by atoms with Gasteiger partial charge in [0.2, 0.25) is 0 Å². The van der Waals surface area contributed by atoms with Crippen LogP contribution in [0.2, 0.25) is 5.02 Å². The van der Waals surface area contributed by atoms with Gasteiger partial charge in [0.05, 0.1) is 19.8 Å². The van der Waals surface area contributed by atoms with Gasteiger partial charge in [-0.05, 0) is 31.5 Å². The molecule has 0 radical (unpaired) electrons. The van der Waals surface area contributed by atoms with E-state index in [0.717, 1.165) is 5.56 Å². The third kappa shape index (κ3) is 6.37. The monoisotopic (exact) mass is 304 g/mol. The van der Waals surface area contributed by atoms with E-state index < -0.39 is 7.82 Å². The van der Waals surface area contributed by atoms with Gasteiger partial charge in [0, 0.05) is 5.02 Å². The molecule has 1 aromatic carbocycles. The maximum absolute atomic E-state index is 12.0. The van der Waals surface area contributed by atoms with Crippen LogP contribution < -0.4 is 0 Å². The first-order valence-electron chi connectivity index (χ1n) is 6.05. The maximum Gasteiger partial charge on any atom is 0.475 e. The quantitative estimate of drug-likeness (QED) is 0.661. The van der Waals surface area contributed by atoms with E-state index in [1.54, 1.807) is 26.0 Å². The van der Waals surface area contributed by atoms with Crippen LogP contribution in [0.25, 0.3) is 6.08 Å². The highest BCUT2D eigenvalue weighted by atomic mass is 35.5. The van der Waals surface area contributed by atoms with Crippen LogP contribution in [0.3, 0.4) is 0 Å². The van der Waals surface area contributed by atoms with E-state index in [9.17, 15) is 4.57 Å². The van der Waals surface area contributed by atoms with Crippen LogP contribution >= 0.6 is 19.4 Å². The molecule has 0 unspecified atom stereocenters. The number of rotatable bonds is 8. The summed E-state index contributed by atoms with van der Waals surface area (Å²) in [5, 5.41) is 0.664. The van der Waals surface area contributed by atoms with E-state index in [1.807, 2.05) is 24.3 Å². The Morgan fingerprint density at radius 2 is 1.89 bits per heavy atom. The number of halogens is 1. The summed E-state index contributed by atoms with van der Waals surface area (Å²) in [7, 11) is -3.43. The third-order valence-corrected chi connectivity index (χ3v) is 3.91. The maximum atomic E-state index is 12.0. The summed E-state index contributed by atoms with van der Waals surface area (Å²) in [6.45, 7) is 4.15. The summed E-state index contributed by atoms with van der Waals surface area (Å²) in [4.78, 5) is 0. The van der Waals surface area contributed by atoms with Crippen molar-refractivity contribution in [3.63, 3.8) is 0 Å². The van der Waals surface area contributed by atoms with Crippen LogP contribution in [0.5, 0.6) is 0 Å². The molecule has 0 amide bonds. The van der Waals surface area contributed by atoms with Gasteiger partial charge < -0.3 is 0 Å². The van der Waals surface area contributed by atoms with Crippen molar-refractivity contribution in [1.29, 1.82) is 0 Å². The van der Waals surface area contributed by atoms with Gasteiger partial charge in [-0.2, -0.15) is 0 Å². The average molecular weight is 305 g/mol. The molecule has 1 rings (SSSR count). The fourth-order valence-corrected chi connectivity index (χ4v) is 2.68. The molecular weight excluding hydrogens is 287 g/mol. The molecule has 0 saturated carbocycles. The lowest BCUT2D eigenvalue weighted by atomic mass is 10.2. The average Bonchev–Trinajstić information content (AvgIpc) is 2.35. The second-order valence-electron chi connectivity index (χ2n) is 3.54. The van der Waals surface area contributed by atoms with Crippen molar-refractivity contribution < 1.29 is 18.1 Å². The molecule has 0 heterocycles. The van der Waals surface area contributed by atoms with Crippen LogP contribution in [0.4, 0.5) is 0 Å². The van der Waals surface area contributed by atoms with Gasteiger partial charge in [0.1, 0.15) is 0 Å². The van der Waals surface area contributed by atoms with Crippen molar-refractivity contribution >= 4 is 25.5 Å². The molecule has 0 fully saturated rings.